The van der Waals surface area contributed by atoms with Crippen LogP contribution in [0.25, 0.3) is 22.3 Å². The number of rotatable bonds is 2. The van der Waals surface area contributed by atoms with Crippen LogP contribution in [0.4, 0.5) is 5.69 Å². The van der Waals surface area contributed by atoms with Crippen LogP contribution in [-0.4, -0.2) is 32.0 Å². The second-order valence-corrected chi connectivity index (χ2v) is 6.44. The van der Waals surface area contributed by atoms with E-state index < -0.39 is 11.8 Å². The zero-order chi connectivity index (χ0) is 18.5. The summed E-state index contributed by atoms with van der Waals surface area (Å²) in [6.07, 6.45) is 4.67. The number of H-pyrrole nitrogens is 1. The standard InChI is InChI=1S/C19H10ClN5O2/c20-11-2-1-3-12(8-11)25-18(26)13-9-22-17-15(14(13)19(25)27)16(23-24-17)10-4-6-21-7-5-10/h1-9H,(H,22,23,24). The van der Waals surface area contributed by atoms with Gasteiger partial charge in [-0.2, -0.15) is 5.10 Å². The van der Waals surface area contributed by atoms with Crippen molar-refractivity contribution in [3.8, 4) is 11.3 Å². The average Bonchev–Trinajstić information content (AvgIpc) is 3.22. The lowest BCUT2D eigenvalue weighted by Gasteiger charge is -2.13. The largest absolute Gasteiger partial charge is 0.275 e. The van der Waals surface area contributed by atoms with Gasteiger partial charge in [0.2, 0.25) is 0 Å². The van der Waals surface area contributed by atoms with Gasteiger partial charge in [0, 0.05) is 29.2 Å². The van der Waals surface area contributed by atoms with Crippen molar-refractivity contribution in [1.29, 1.82) is 0 Å². The quantitative estimate of drug-likeness (QED) is 0.541. The van der Waals surface area contributed by atoms with E-state index in [0.29, 0.717) is 27.4 Å². The Bertz CT molecular complexity index is 1240. The molecule has 1 aliphatic heterocycles. The van der Waals surface area contributed by atoms with Gasteiger partial charge in [-0.1, -0.05) is 17.7 Å². The zero-order valence-electron chi connectivity index (χ0n) is 13.7. The van der Waals surface area contributed by atoms with E-state index in [0.717, 1.165) is 10.5 Å². The summed E-state index contributed by atoms with van der Waals surface area (Å²) in [6, 6.07) is 10.2. The molecule has 0 fully saturated rings. The summed E-state index contributed by atoms with van der Waals surface area (Å²) >= 11 is 6.03. The van der Waals surface area contributed by atoms with Crippen LogP contribution in [0.3, 0.4) is 0 Å². The van der Waals surface area contributed by atoms with Crippen molar-refractivity contribution in [2.75, 3.05) is 4.90 Å². The molecule has 1 N–H and O–H groups in total. The number of nitrogens with one attached hydrogen (secondary N) is 1. The Morgan fingerprint density at radius 2 is 1.85 bits per heavy atom. The molecule has 0 saturated carbocycles. The van der Waals surface area contributed by atoms with Crippen LogP contribution in [0.15, 0.2) is 55.0 Å². The number of fused-ring (bicyclic) bond motifs is 3. The first kappa shape index (κ1) is 15.7. The maximum Gasteiger partial charge on any atom is 0.267 e. The van der Waals surface area contributed by atoms with Crippen molar-refractivity contribution in [2.24, 2.45) is 0 Å². The Balaban J connectivity index is 1.75. The molecule has 5 rings (SSSR count). The third-order valence-corrected chi connectivity index (χ3v) is 4.70. The number of imide groups is 1. The number of pyridine rings is 2. The number of halogens is 1. The molecule has 27 heavy (non-hydrogen) atoms. The topological polar surface area (TPSA) is 91.8 Å². The number of hydrogen-bond acceptors (Lipinski definition) is 5. The fraction of sp³-hybridized carbons (Fsp3) is 0. The van der Waals surface area contributed by atoms with Crippen molar-refractivity contribution in [1.82, 2.24) is 20.2 Å². The molecule has 4 heterocycles. The summed E-state index contributed by atoms with van der Waals surface area (Å²) < 4.78 is 0. The number of carbonyl (C=O) groups excluding carboxylic acids is 2. The molecular weight excluding hydrogens is 366 g/mol. The summed E-state index contributed by atoms with van der Waals surface area (Å²) in [6.45, 7) is 0. The van der Waals surface area contributed by atoms with E-state index in [-0.39, 0.29) is 11.1 Å². The smallest absolute Gasteiger partial charge is 0.267 e. The van der Waals surface area contributed by atoms with Crippen LogP contribution in [0.5, 0.6) is 0 Å². The molecule has 130 valence electrons. The van der Waals surface area contributed by atoms with Gasteiger partial charge in [0.15, 0.2) is 5.65 Å². The number of hydrogen-bond donors (Lipinski definition) is 1. The minimum absolute atomic E-state index is 0.240. The van der Waals surface area contributed by atoms with Crippen LogP contribution in [0.1, 0.15) is 20.7 Å². The maximum atomic E-state index is 13.2. The van der Waals surface area contributed by atoms with Crippen LogP contribution in [-0.2, 0) is 0 Å². The first-order chi connectivity index (χ1) is 13.1. The van der Waals surface area contributed by atoms with Gasteiger partial charge in [0.05, 0.1) is 27.9 Å². The minimum atomic E-state index is -0.437. The van der Waals surface area contributed by atoms with E-state index in [1.165, 1.54) is 6.20 Å². The van der Waals surface area contributed by atoms with Crippen LogP contribution in [0, 0.1) is 0 Å². The summed E-state index contributed by atoms with van der Waals surface area (Å²) in [5, 5.41) is 8.05. The fourth-order valence-corrected chi connectivity index (χ4v) is 3.46. The average molecular weight is 376 g/mol. The van der Waals surface area contributed by atoms with Gasteiger partial charge in [0.25, 0.3) is 11.8 Å². The highest BCUT2D eigenvalue weighted by Crippen LogP contribution is 2.36. The molecule has 3 aromatic heterocycles. The van der Waals surface area contributed by atoms with E-state index in [2.05, 4.69) is 20.2 Å². The SMILES string of the molecule is O=C1c2cnc3n[nH]c(-c4ccncc4)c3c2C(=O)N1c1cccc(Cl)c1. The van der Waals surface area contributed by atoms with Gasteiger partial charge in [0.1, 0.15) is 0 Å². The molecule has 0 spiro atoms. The van der Waals surface area contributed by atoms with Gasteiger partial charge >= 0.3 is 0 Å². The van der Waals surface area contributed by atoms with E-state index in [1.54, 1.807) is 48.8 Å². The second kappa shape index (κ2) is 5.72. The third kappa shape index (κ3) is 2.25. The molecule has 0 radical (unpaired) electrons. The highest BCUT2D eigenvalue weighted by Gasteiger charge is 2.40. The molecule has 0 atom stereocenters. The number of benzene rings is 1. The summed E-state index contributed by atoms with van der Waals surface area (Å²) in [5.41, 5.74) is 2.72. The van der Waals surface area contributed by atoms with Crippen LogP contribution in [0.2, 0.25) is 5.02 Å². The van der Waals surface area contributed by atoms with Crippen molar-refractivity contribution >= 4 is 40.1 Å². The molecule has 0 saturated heterocycles. The first-order valence-electron chi connectivity index (χ1n) is 8.07. The predicted octanol–water partition coefficient (Wildman–Crippen LogP) is 3.47. The number of aromatic amines is 1. The Labute approximate surface area is 157 Å². The summed E-state index contributed by atoms with van der Waals surface area (Å²) in [5.74, 6) is -0.866. The van der Waals surface area contributed by atoms with Gasteiger partial charge in [-0.05, 0) is 30.3 Å². The molecule has 0 unspecified atom stereocenters. The molecule has 7 nitrogen and oxygen atoms in total. The molecule has 1 aromatic carbocycles. The molecule has 1 aliphatic rings. The molecule has 0 aliphatic carbocycles. The van der Waals surface area contributed by atoms with Crippen molar-refractivity contribution in [3.63, 3.8) is 0 Å². The normalized spacial score (nSPS) is 13.4. The van der Waals surface area contributed by atoms with Gasteiger partial charge in [-0.25, -0.2) is 9.88 Å². The van der Waals surface area contributed by atoms with Gasteiger partial charge < -0.3 is 0 Å². The van der Waals surface area contributed by atoms with E-state index in [9.17, 15) is 9.59 Å². The zero-order valence-corrected chi connectivity index (χ0v) is 14.4. The van der Waals surface area contributed by atoms with Crippen LogP contribution < -0.4 is 4.90 Å². The van der Waals surface area contributed by atoms with Crippen molar-refractivity contribution in [2.45, 2.75) is 0 Å². The van der Waals surface area contributed by atoms with E-state index >= 15 is 0 Å². The van der Waals surface area contributed by atoms with Crippen LogP contribution >= 0.6 is 11.6 Å². The van der Waals surface area contributed by atoms with E-state index in [1.807, 2.05) is 0 Å². The Morgan fingerprint density at radius 3 is 2.63 bits per heavy atom. The monoisotopic (exact) mass is 375 g/mol. The number of aromatic nitrogens is 4. The van der Waals surface area contributed by atoms with Crippen molar-refractivity contribution < 1.29 is 9.59 Å². The molecule has 2 amide bonds. The number of anilines is 1. The lowest BCUT2D eigenvalue weighted by Crippen LogP contribution is -2.29. The molecule has 8 heteroatoms. The predicted molar refractivity (Wildman–Crippen MR) is 99.7 cm³/mol. The van der Waals surface area contributed by atoms with E-state index in [4.69, 9.17) is 11.6 Å². The number of carbonyl (C=O) groups is 2. The second-order valence-electron chi connectivity index (χ2n) is 6.01. The Hall–Kier alpha value is -3.58. The Morgan fingerprint density at radius 1 is 1.04 bits per heavy atom. The minimum Gasteiger partial charge on any atom is -0.275 e. The fourth-order valence-electron chi connectivity index (χ4n) is 3.27. The third-order valence-electron chi connectivity index (χ3n) is 4.47. The number of nitrogens with zero attached hydrogens (tertiary/aromatic N) is 4. The lowest BCUT2D eigenvalue weighted by molar-refractivity contribution is 0.0926. The van der Waals surface area contributed by atoms with Gasteiger partial charge in [-0.15, -0.1) is 0 Å². The van der Waals surface area contributed by atoms with Gasteiger partial charge in [-0.3, -0.25) is 19.7 Å². The first-order valence-corrected chi connectivity index (χ1v) is 8.45. The summed E-state index contributed by atoms with van der Waals surface area (Å²) in [7, 11) is 0. The maximum absolute atomic E-state index is 13.2. The van der Waals surface area contributed by atoms with Crippen molar-refractivity contribution in [3.05, 3.63) is 71.1 Å². The Kier molecular flexibility index (Phi) is 3.32. The molecule has 4 aromatic rings. The highest BCUT2D eigenvalue weighted by molar-refractivity contribution is 6.38. The molecule has 0 bridgehead atoms. The highest BCUT2D eigenvalue weighted by atomic mass is 35.5. The molecular formula is C19H10ClN5O2. The lowest BCUT2D eigenvalue weighted by atomic mass is 10.0. The number of amides is 2. The summed E-state index contributed by atoms with van der Waals surface area (Å²) in [4.78, 5) is 35.5.